The lowest BCUT2D eigenvalue weighted by molar-refractivity contribution is -0.334. The summed E-state index contributed by atoms with van der Waals surface area (Å²) in [5.41, 5.74) is -1.98. The summed E-state index contributed by atoms with van der Waals surface area (Å²) in [6, 6.07) is 0. The average Bonchev–Trinajstić information content (AvgIpc) is 2.71. The van der Waals surface area contributed by atoms with Crippen LogP contribution < -0.4 is 0 Å². The maximum Gasteiger partial charge on any atom is 0.204 e. The molecule has 0 aliphatic rings. The van der Waals surface area contributed by atoms with Gasteiger partial charge in [0.1, 0.15) is 6.61 Å². The van der Waals surface area contributed by atoms with Crippen molar-refractivity contribution >= 4 is 0 Å². The predicted molar refractivity (Wildman–Crippen MR) is 100 cm³/mol. The Morgan fingerprint density at radius 1 is 0.593 bits per heavy atom. The van der Waals surface area contributed by atoms with E-state index in [0.29, 0.717) is 26.2 Å². The lowest BCUT2D eigenvalue weighted by atomic mass is 9.81. The summed E-state index contributed by atoms with van der Waals surface area (Å²) in [7, 11) is 0. The molecule has 0 aromatic carbocycles. The Morgan fingerprint density at radius 3 is 1.19 bits per heavy atom. The van der Waals surface area contributed by atoms with Gasteiger partial charge in [-0.05, 0) is 27.2 Å². The summed E-state index contributed by atoms with van der Waals surface area (Å²) in [6.07, 6.45) is 0.594. The largest absolute Gasteiger partial charge is 0.396 e. The zero-order valence-electron chi connectivity index (χ0n) is 17.2. The molecular formula is C18H40O9. The van der Waals surface area contributed by atoms with Crippen LogP contribution in [0.5, 0.6) is 0 Å². The monoisotopic (exact) mass is 400 g/mol. The van der Waals surface area contributed by atoms with Crippen molar-refractivity contribution in [1.29, 1.82) is 0 Å². The van der Waals surface area contributed by atoms with E-state index in [1.165, 1.54) is 0 Å². The number of hydrogen-bond donors (Lipinski definition) is 6. The van der Waals surface area contributed by atoms with Crippen molar-refractivity contribution in [2.75, 3.05) is 66.1 Å². The fourth-order valence-corrected chi connectivity index (χ4v) is 2.28. The van der Waals surface area contributed by atoms with Gasteiger partial charge in [-0.1, -0.05) is 6.92 Å². The Labute approximate surface area is 162 Å². The van der Waals surface area contributed by atoms with Crippen molar-refractivity contribution in [2.45, 2.75) is 39.9 Å². The second kappa shape index (κ2) is 15.5. The van der Waals surface area contributed by atoms with Gasteiger partial charge in [0.15, 0.2) is 0 Å². The smallest absolute Gasteiger partial charge is 0.204 e. The van der Waals surface area contributed by atoms with Gasteiger partial charge in [0.2, 0.25) is 5.79 Å². The highest BCUT2D eigenvalue weighted by atomic mass is 16.7. The molecule has 0 atom stereocenters. The molecule has 0 radical (unpaired) electrons. The zero-order chi connectivity index (χ0) is 21.4. The van der Waals surface area contributed by atoms with E-state index in [0.717, 1.165) is 0 Å². The van der Waals surface area contributed by atoms with Crippen molar-refractivity contribution in [3.8, 4) is 0 Å². The van der Waals surface area contributed by atoms with Crippen LogP contribution >= 0.6 is 0 Å². The van der Waals surface area contributed by atoms with Crippen LogP contribution in [-0.2, 0) is 14.2 Å². The van der Waals surface area contributed by atoms with Crippen LogP contribution in [0, 0.1) is 10.8 Å². The molecule has 27 heavy (non-hydrogen) atoms. The maximum atomic E-state index is 9.53. The van der Waals surface area contributed by atoms with Crippen LogP contribution in [0.2, 0.25) is 0 Å². The van der Waals surface area contributed by atoms with Crippen molar-refractivity contribution in [2.24, 2.45) is 10.8 Å². The molecule has 0 aliphatic heterocycles. The fraction of sp³-hybridized carbons (Fsp3) is 1.00. The van der Waals surface area contributed by atoms with E-state index in [1.807, 2.05) is 13.8 Å². The van der Waals surface area contributed by atoms with Gasteiger partial charge in [0.25, 0.3) is 0 Å². The normalized spacial score (nSPS) is 12.7. The van der Waals surface area contributed by atoms with Crippen molar-refractivity contribution in [1.82, 2.24) is 0 Å². The third-order valence-corrected chi connectivity index (χ3v) is 4.72. The predicted octanol–water partition coefficient (Wildman–Crippen LogP) is -0.885. The van der Waals surface area contributed by atoms with Gasteiger partial charge < -0.3 is 44.8 Å². The van der Waals surface area contributed by atoms with E-state index in [-0.39, 0.29) is 26.4 Å². The summed E-state index contributed by atoms with van der Waals surface area (Å²) in [5.74, 6) is -1.36. The van der Waals surface area contributed by atoms with Gasteiger partial charge in [0, 0.05) is 25.2 Å². The van der Waals surface area contributed by atoms with E-state index >= 15 is 0 Å². The Balaban J connectivity index is 0. The zero-order valence-corrected chi connectivity index (χ0v) is 17.2. The highest BCUT2D eigenvalue weighted by Gasteiger charge is 2.53. The molecule has 0 saturated carbocycles. The summed E-state index contributed by atoms with van der Waals surface area (Å²) in [5, 5.41) is 54.6. The second-order valence-electron chi connectivity index (χ2n) is 6.34. The second-order valence-corrected chi connectivity index (χ2v) is 6.34. The first-order valence-corrected chi connectivity index (χ1v) is 9.37. The minimum Gasteiger partial charge on any atom is -0.396 e. The van der Waals surface area contributed by atoms with Crippen LogP contribution in [0.4, 0.5) is 0 Å². The number of ether oxygens (including phenoxy) is 3. The van der Waals surface area contributed by atoms with Gasteiger partial charge >= 0.3 is 0 Å². The molecule has 0 amide bonds. The van der Waals surface area contributed by atoms with E-state index in [2.05, 4.69) is 0 Å². The molecule has 0 rings (SSSR count). The molecule has 0 spiro atoms. The van der Waals surface area contributed by atoms with E-state index in [9.17, 15) is 15.3 Å². The van der Waals surface area contributed by atoms with Crippen molar-refractivity contribution in [3.63, 3.8) is 0 Å². The third kappa shape index (κ3) is 7.88. The Hall–Kier alpha value is -0.360. The summed E-state index contributed by atoms with van der Waals surface area (Å²) in [6.45, 7) is 6.44. The van der Waals surface area contributed by atoms with Crippen LogP contribution in [0.15, 0.2) is 0 Å². The molecule has 9 nitrogen and oxygen atoms in total. The van der Waals surface area contributed by atoms with Gasteiger partial charge in [-0.2, -0.15) is 0 Å². The van der Waals surface area contributed by atoms with Crippen LogP contribution in [0.3, 0.4) is 0 Å². The third-order valence-electron chi connectivity index (χ3n) is 4.72. The Kier molecular flexibility index (Phi) is 16.6. The molecule has 0 aromatic heterocycles. The van der Waals surface area contributed by atoms with E-state index in [1.54, 1.807) is 13.8 Å². The molecule has 9 heteroatoms. The number of hydrogen-bond acceptors (Lipinski definition) is 9. The van der Waals surface area contributed by atoms with Crippen LogP contribution in [0.25, 0.3) is 0 Å². The molecule has 0 aromatic rings. The van der Waals surface area contributed by atoms with Crippen LogP contribution in [-0.4, -0.2) is 102 Å². The molecule has 6 N–H and O–H groups in total. The van der Waals surface area contributed by atoms with Crippen molar-refractivity contribution < 1.29 is 44.8 Å². The van der Waals surface area contributed by atoms with E-state index in [4.69, 9.17) is 29.5 Å². The fourth-order valence-electron chi connectivity index (χ4n) is 2.28. The minimum absolute atomic E-state index is 0.0346. The lowest BCUT2D eigenvalue weighted by Gasteiger charge is -2.46. The SMILES string of the molecule is CCC(CO)(CO)CO.CCOCC(OCC)(OCC)C(CO)(CO)CO. The molecule has 0 fully saturated rings. The highest BCUT2D eigenvalue weighted by Crippen LogP contribution is 2.36. The van der Waals surface area contributed by atoms with Gasteiger partial charge in [0.05, 0.1) is 45.1 Å². The highest BCUT2D eigenvalue weighted by molar-refractivity contribution is 4.94. The summed E-state index contributed by atoms with van der Waals surface area (Å²) < 4.78 is 16.5. The van der Waals surface area contributed by atoms with E-state index < -0.39 is 36.4 Å². The first-order chi connectivity index (χ1) is 12.9. The Morgan fingerprint density at radius 2 is 1.00 bits per heavy atom. The standard InChI is InChI=1S/C12H26O6.C6H14O3/c1-4-16-10-12(17-5-2,18-6-3)11(7-13,8-14)9-15;1-2-6(3-7,4-8)5-9/h13-15H,4-10H2,1-3H3;7-9H,2-5H2,1H3. The molecule has 166 valence electrons. The number of aliphatic hydroxyl groups is 6. The molecule has 0 saturated heterocycles. The number of aliphatic hydroxyl groups excluding tert-OH is 6. The van der Waals surface area contributed by atoms with Gasteiger partial charge in [-0.15, -0.1) is 0 Å². The quantitative estimate of drug-likeness (QED) is 0.193. The first kappa shape index (κ1) is 28.8. The van der Waals surface area contributed by atoms with Crippen molar-refractivity contribution in [3.05, 3.63) is 0 Å². The maximum absolute atomic E-state index is 9.53. The Bertz CT molecular complexity index is 299. The molecule has 0 unspecified atom stereocenters. The van der Waals surface area contributed by atoms with Gasteiger partial charge in [-0.3, -0.25) is 0 Å². The first-order valence-electron chi connectivity index (χ1n) is 9.37. The molecule has 0 aliphatic carbocycles. The lowest BCUT2D eigenvalue weighted by Crippen LogP contribution is -2.61. The topological polar surface area (TPSA) is 149 Å². The van der Waals surface area contributed by atoms with Gasteiger partial charge in [-0.25, -0.2) is 0 Å². The number of rotatable bonds is 15. The average molecular weight is 401 g/mol. The molecule has 0 bridgehead atoms. The summed E-state index contributed by atoms with van der Waals surface area (Å²) in [4.78, 5) is 0. The summed E-state index contributed by atoms with van der Waals surface area (Å²) >= 11 is 0. The molecule has 0 heterocycles. The molecular weight excluding hydrogens is 360 g/mol. The van der Waals surface area contributed by atoms with Crippen LogP contribution in [0.1, 0.15) is 34.1 Å². The minimum atomic E-state index is -1.36.